The van der Waals surface area contributed by atoms with Crippen molar-refractivity contribution in [3.63, 3.8) is 0 Å². The fraction of sp³-hybridized carbons (Fsp3) is 0.579. The Morgan fingerprint density at radius 3 is 2.40 bits per heavy atom. The molecular formula is C19H29F2IN4O4. The van der Waals surface area contributed by atoms with E-state index in [2.05, 4.69) is 25.7 Å². The first-order valence-electron chi connectivity index (χ1n) is 9.38. The summed E-state index contributed by atoms with van der Waals surface area (Å²) < 4.78 is 40.6. The third-order valence-corrected chi connectivity index (χ3v) is 3.91. The molecule has 11 heteroatoms. The van der Waals surface area contributed by atoms with E-state index in [1.54, 1.807) is 6.07 Å². The summed E-state index contributed by atoms with van der Waals surface area (Å²) >= 11 is 0. The highest BCUT2D eigenvalue weighted by Gasteiger charge is 2.21. The number of hydrogen-bond donors (Lipinski definition) is 3. The van der Waals surface area contributed by atoms with Gasteiger partial charge in [0.15, 0.2) is 17.5 Å². The number of fused-ring (bicyclic) bond motifs is 1. The molecule has 2 rings (SSSR count). The molecule has 0 saturated heterocycles. The van der Waals surface area contributed by atoms with Crippen LogP contribution in [0.1, 0.15) is 33.3 Å². The van der Waals surface area contributed by atoms with Crippen LogP contribution in [0.25, 0.3) is 0 Å². The molecule has 30 heavy (non-hydrogen) atoms. The summed E-state index contributed by atoms with van der Waals surface area (Å²) in [5, 5.41) is 8.99. The van der Waals surface area contributed by atoms with E-state index in [-0.39, 0.29) is 49.0 Å². The van der Waals surface area contributed by atoms with Gasteiger partial charge in [0.1, 0.15) is 5.75 Å². The van der Waals surface area contributed by atoms with Crippen LogP contribution >= 0.6 is 24.0 Å². The Balaban J connectivity index is 0.00000450. The zero-order chi connectivity index (χ0) is 21.4. The molecule has 0 saturated carbocycles. The molecule has 1 aromatic carbocycles. The van der Waals surface area contributed by atoms with Crippen molar-refractivity contribution in [2.24, 2.45) is 10.4 Å². The average Bonchev–Trinajstić information content (AvgIpc) is 3.08. The minimum atomic E-state index is -2.96. The van der Waals surface area contributed by atoms with Crippen LogP contribution in [0.2, 0.25) is 0 Å². The second kappa shape index (κ2) is 12.0. The van der Waals surface area contributed by atoms with Gasteiger partial charge in [-0.05, 0) is 13.0 Å². The number of ether oxygens (including phenoxy) is 3. The monoisotopic (exact) mass is 542 g/mol. The maximum Gasteiger partial charge on any atom is 0.387 e. The Morgan fingerprint density at radius 1 is 1.17 bits per heavy atom. The molecule has 1 aliphatic heterocycles. The number of halogens is 3. The van der Waals surface area contributed by atoms with Crippen molar-refractivity contribution >= 4 is 35.8 Å². The van der Waals surface area contributed by atoms with Crippen LogP contribution in [-0.2, 0) is 11.3 Å². The number of carbonyl (C=O) groups excluding carboxylic acids is 1. The number of nitrogens with zero attached hydrogens (tertiary/aromatic N) is 1. The standard InChI is InChI=1S/C19H28F2N4O4.HI/c1-5-22-18(24-7-6-23-16(26)19(2,3)4)25-10-12-8-14-15(28-11-27-14)9-13(12)29-17(20)21;/h8-9,17H,5-7,10-11H2,1-4H3,(H,23,26)(H2,22,24,25);1H. The van der Waals surface area contributed by atoms with E-state index in [0.29, 0.717) is 42.7 Å². The van der Waals surface area contributed by atoms with E-state index in [9.17, 15) is 13.6 Å². The zero-order valence-electron chi connectivity index (χ0n) is 17.5. The van der Waals surface area contributed by atoms with Gasteiger partial charge in [-0.25, -0.2) is 4.99 Å². The Hall–Kier alpha value is -2.05. The van der Waals surface area contributed by atoms with E-state index < -0.39 is 12.0 Å². The number of carbonyl (C=O) groups is 1. The topological polar surface area (TPSA) is 93.2 Å². The van der Waals surface area contributed by atoms with Crippen LogP contribution in [0.4, 0.5) is 8.78 Å². The number of guanidine groups is 1. The van der Waals surface area contributed by atoms with Crippen molar-refractivity contribution in [2.45, 2.75) is 40.9 Å². The normalized spacial score (nSPS) is 13.0. The van der Waals surface area contributed by atoms with Gasteiger partial charge in [-0.1, -0.05) is 20.8 Å². The van der Waals surface area contributed by atoms with Gasteiger partial charge >= 0.3 is 6.61 Å². The fourth-order valence-electron chi connectivity index (χ4n) is 2.42. The maximum absolute atomic E-state index is 12.7. The molecule has 0 aromatic heterocycles. The number of benzene rings is 1. The Bertz CT molecular complexity index is 742. The smallest absolute Gasteiger partial charge is 0.387 e. The molecule has 0 spiro atoms. The second-order valence-electron chi connectivity index (χ2n) is 7.32. The zero-order valence-corrected chi connectivity index (χ0v) is 19.8. The molecular weight excluding hydrogens is 513 g/mol. The van der Waals surface area contributed by atoms with Crippen LogP contribution in [0.15, 0.2) is 17.1 Å². The minimum Gasteiger partial charge on any atom is -0.454 e. The van der Waals surface area contributed by atoms with E-state index in [4.69, 9.17) is 9.47 Å². The van der Waals surface area contributed by atoms with Gasteiger partial charge in [0.2, 0.25) is 12.7 Å². The highest BCUT2D eigenvalue weighted by Crippen LogP contribution is 2.39. The summed E-state index contributed by atoms with van der Waals surface area (Å²) in [6, 6.07) is 2.96. The molecule has 3 N–H and O–H groups in total. The Kier molecular flexibility index (Phi) is 10.4. The van der Waals surface area contributed by atoms with Crippen LogP contribution in [0, 0.1) is 5.41 Å². The van der Waals surface area contributed by atoms with Crippen LogP contribution in [0.3, 0.4) is 0 Å². The molecule has 0 aliphatic carbocycles. The highest BCUT2D eigenvalue weighted by atomic mass is 127. The van der Waals surface area contributed by atoms with Gasteiger partial charge in [0.25, 0.3) is 0 Å². The van der Waals surface area contributed by atoms with E-state index in [1.165, 1.54) is 6.07 Å². The third kappa shape index (κ3) is 8.00. The molecule has 8 nitrogen and oxygen atoms in total. The van der Waals surface area contributed by atoms with Gasteiger partial charge in [0, 0.05) is 36.7 Å². The lowest BCUT2D eigenvalue weighted by molar-refractivity contribution is -0.128. The number of rotatable bonds is 8. The number of aliphatic imine (C=N–C) groups is 1. The number of amides is 1. The SMILES string of the molecule is CCNC(=NCc1cc2c(cc1OC(F)F)OCO2)NCCNC(=O)C(C)(C)C.I. The summed E-state index contributed by atoms with van der Waals surface area (Å²) in [6.07, 6.45) is 0. The maximum atomic E-state index is 12.7. The van der Waals surface area contributed by atoms with Crippen molar-refractivity contribution in [3.05, 3.63) is 17.7 Å². The molecule has 170 valence electrons. The van der Waals surface area contributed by atoms with E-state index >= 15 is 0 Å². The molecule has 0 radical (unpaired) electrons. The first-order valence-corrected chi connectivity index (χ1v) is 9.38. The largest absolute Gasteiger partial charge is 0.454 e. The van der Waals surface area contributed by atoms with Crippen molar-refractivity contribution in [1.29, 1.82) is 0 Å². The molecule has 0 unspecified atom stereocenters. The predicted octanol–water partition coefficient (Wildman–Crippen LogP) is 2.85. The molecule has 0 bridgehead atoms. The number of hydrogen-bond acceptors (Lipinski definition) is 5. The van der Waals surface area contributed by atoms with Crippen molar-refractivity contribution in [3.8, 4) is 17.2 Å². The van der Waals surface area contributed by atoms with Gasteiger partial charge in [0.05, 0.1) is 6.54 Å². The predicted molar refractivity (Wildman–Crippen MR) is 120 cm³/mol. The van der Waals surface area contributed by atoms with Gasteiger partial charge in [-0.15, -0.1) is 24.0 Å². The number of alkyl halides is 2. The summed E-state index contributed by atoms with van der Waals surface area (Å²) in [5.74, 6) is 1.24. The molecule has 0 fully saturated rings. The average molecular weight is 542 g/mol. The molecule has 1 heterocycles. The highest BCUT2D eigenvalue weighted by molar-refractivity contribution is 14.0. The lowest BCUT2D eigenvalue weighted by Gasteiger charge is -2.18. The van der Waals surface area contributed by atoms with Crippen LogP contribution in [0.5, 0.6) is 17.2 Å². The lowest BCUT2D eigenvalue weighted by atomic mass is 9.96. The summed E-state index contributed by atoms with van der Waals surface area (Å²) in [6.45, 7) is 6.06. The Morgan fingerprint density at radius 2 is 1.80 bits per heavy atom. The van der Waals surface area contributed by atoms with Gasteiger partial charge in [-0.2, -0.15) is 8.78 Å². The van der Waals surface area contributed by atoms with Crippen molar-refractivity contribution in [2.75, 3.05) is 26.4 Å². The van der Waals surface area contributed by atoms with Gasteiger partial charge < -0.3 is 30.2 Å². The van der Waals surface area contributed by atoms with Gasteiger partial charge in [-0.3, -0.25) is 4.79 Å². The second-order valence-corrected chi connectivity index (χ2v) is 7.32. The van der Waals surface area contributed by atoms with Crippen molar-refractivity contribution in [1.82, 2.24) is 16.0 Å². The number of nitrogens with one attached hydrogen (secondary N) is 3. The van der Waals surface area contributed by atoms with E-state index in [1.807, 2.05) is 27.7 Å². The summed E-state index contributed by atoms with van der Waals surface area (Å²) in [7, 11) is 0. The first-order chi connectivity index (χ1) is 13.7. The molecule has 1 aliphatic rings. The molecule has 1 aromatic rings. The quantitative estimate of drug-likeness (QED) is 0.203. The Labute approximate surface area is 192 Å². The lowest BCUT2D eigenvalue weighted by Crippen LogP contribution is -2.43. The summed E-state index contributed by atoms with van der Waals surface area (Å²) in [5.41, 5.74) is -0.0215. The van der Waals surface area contributed by atoms with E-state index in [0.717, 1.165) is 0 Å². The summed E-state index contributed by atoms with van der Waals surface area (Å²) in [4.78, 5) is 16.3. The molecule has 0 atom stereocenters. The first kappa shape index (κ1) is 26.0. The molecule has 1 amide bonds. The third-order valence-electron chi connectivity index (χ3n) is 3.91. The van der Waals surface area contributed by atoms with Crippen LogP contribution in [-0.4, -0.2) is 44.9 Å². The van der Waals surface area contributed by atoms with Crippen LogP contribution < -0.4 is 30.2 Å². The minimum absolute atomic E-state index is 0. The fourth-order valence-corrected chi connectivity index (χ4v) is 2.42. The van der Waals surface area contributed by atoms with Crippen molar-refractivity contribution < 1.29 is 27.8 Å².